The molecule has 0 aliphatic carbocycles. The van der Waals surface area contributed by atoms with Crippen LogP contribution in [0.4, 0.5) is 14.9 Å². The molecule has 1 fully saturated rings. The number of benzene rings is 3. The quantitative estimate of drug-likeness (QED) is 0.340. The summed E-state index contributed by atoms with van der Waals surface area (Å²) in [6.45, 7) is 3.99. The van der Waals surface area contributed by atoms with Crippen LogP contribution in [0.3, 0.4) is 0 Å². The van der Waals surface area contributed by atoms with E-state index in [0.29, 0.717) is 39.8 Å². The molecule has 0 bridgehead atoms. The van der Waals surface area contributed by atoms with E-state index in [9.17, 15) is 18.8 Å². The third-order valence-corrected chi connectivity index (χ3v) is 5.61. The molecule has 3 aromatic carbocycles. The molecule has 3 aromatic rings. The average Bonchev–Trinajstić information content (AvgIpc) is 2.83. The Bertz CT molecular complexity index is 1390. The first-order valence-electron chi connectivity index (χ1n) is 11.1. The summed E-state index contributed by atoms with van der Waals surface area (Å²) in [5, 5.41) is 2.54. The summed E-state index contributed by atoms with van der Waals surface area (Å²) >= 11 is 6.07. The molecule has 1 N–H and O–H groups in total. The Morgan fingerprint density at radius 1 is 1.00 bits per heavy atom. The minimum Gasteiger partial charge on any atom is -0.490 e. The second kappa shape index (κ2) is 10.6. The van der Waals surface area contributed by atoms with E-state index < -0.39 is 17.8 Å². The van der Waals surface area contributed by atoms with Crippen molar-refractivity contribution in [1.29, 1.82) is 0 Å². The van der Waals surface area contributed by atoms with Crippen molar-refractivity contribution in [3.8, 4) is 11.5 Å². The molecule has 0 radical (unpaired) electrons. The number of carbonyl (C=O) groups excluding carboxylic acids is 3. The summed E-state index contributed by atoms with van der Waals surface area (Å²) in [5.41, 5.74) is 1.81. The number of hydrogen-bond donors (Lipinski definition) is 1. The van der Waals surface area contributed by atoms with Crippen LogP contribution in [0.15, 0.2) is 66.2 Å². The first kappa shape index (κ1) is 24.9. The molecule has 1 aliphatic rings. The molecular formula is C27H22ClFN2O5. The van der Waals surface area contributed by atoms with Crippen LogP contribution in [0.2, 0.25) is 5.02 Å². The van der Waals surface area contributed by atoms with Crippen molar-refractivity contribution in [3.63, 3.8) is 0 Å². The number of carbonyl (C=O) groups is 3. The molecule has 4 rings (SSSR count). The third kappa shape index (κ3) is 5.39. The molecule has 184 valence electrons. The number of anilines is 1. The molecule has 0 saturated carbocycles. The zero-order valence-electron chi connectivity index (χ0n) is 19.5. The van der Waals surface area contributed by atoms with Crippen molar-refractivity contribution in [1.82, 2.24) is 5.32 Å². The van der Waals surface area contributed by atoms with Crippen LogP contribution in [-0.4, -0.2) is 24.5 Å². The van der Waals surface area contributed by atoms with E-state index in [1.54, 1.807) is 56.3 Å². The Labute approximate surface area is 212 Å². The Morgan fingerprint density at radius 2 is 1.81 bits per heavy atom. The van der Waals surface area contributed by atoms with Crippen LogP contribution in [0, 0.1) is 12.7 Å². The van der Waals surface area contributed by atoms with Crippen molar-refractivity contribution in [2.75, 3.05) is 11.5 Å². The number of imide groups is 2. The van der Waals surface area contributed by atoms with Gasteiger partial charge in [0.05, 0.1) is 12.3 Å². The van der Waals surface area contributed by atoms with E-state index in [2.05, 4.69) is 5.32 Å². The molecule has 4 amide bonds. The van der Waals surface area contributed by atoms with E-state index >= 15 is 0 Å². The summed E-state index contributed by atoms with van der Waals surface area (Å²) in [4.78, 5) is 39.2. The van der Waals surface area contributed by atoms with Crippen molar-refractivity contribution >= 4 is 41.2 Å². The van der Waals surface area contributed by atoms with Crippen molar-refractivity contribution < 1.29 is 28.2 Å². The number of rotatable bonds is 7. The molecule has 1 aliphatic heterocycles. The first-order valence-corrected chi connectivity index (χ1v) is 11.5. The van der Waals surface area contributed by atoms with E-state index in [0.717, 1.165) is 4.90 Å². The SMILES string of the molecule is CCOc1cc(/C=C2\C(=O)NC(=O)N(c3cc(Cl)ccc3C)C2=O)ccc1OCc1cccc(F)c1. The summed E-state index contributed by atoms with van der Waals surface area (Å²) in [7, 11) is 0. The Hall–Kier alpha value is -4.17. The molecule has 9 heteroatoms. The van der Waals surface area contributed by atoms with Crippen LogP contribution >= 0.6 is 11.6 Å². The highest BCUT2D eigenvalue weighted by molar-refractivity contribution is 6.39. The van der Waals surface area contributed by atoms with Crippen LogP contribution in [0.5, 0.6) is 11.5 Å². The highest BCUT2D eigenvalue weighted by atomic mass is 35.5. The summed E-state index contributed by atoms with van der Waals surface area (Å²) in [5.74, 6) is -1.16. The standard InChI is InChI=1S/C27H22ClFN2O5/c1-3-35-24-13-17(8-10-23(24)36-15-18-5-4-6-20(29)11-18)12-21-25(32)30-27(34)31(26(21)33)22-14-19(28)9-7-16(22)2/h4-14H,3,15H2,1-2H3,(H,30,32,34)/b21-12+. The number of halogens is 2. The maximum atomic E-state index is 13.5. The lowest BCUT2D eigenvalue weighted by Crippen LogP contribution is -2.54. The van der Waals surface area contributed by atoms with Gasteiger partial charge in [-0.25, -0.2) is 14.1 Å². The van der Waals surface area contributed by atoms with Crippen molar-refractivity contribution in [2.24, 2.45) is 0 Å². The van der Waals surface area contributed by atoms with Gasteiger partial charge < -0.3 is 9.47 Å². The largest absolute Gasteiger partial charge is 0.490 e. The van der Waals surface area contributed by atoms with E-state index in [1.165, 1.54) is 24.3 Å². The Kier molecular flexibility index (Phi) is 7.36. The van der Waals surface area contributed by atoms with Gasteiger partial charge in [-0.05, 0) is 73.0 Å². The second-order valence-corrected chi connectivity index (χ2v) is 8.38. The lowest BCUT2D eigenvalue weighted by atomic mass is 10.1. The van der Waals surface area contributed by atoms with Gasteiger partial charge in [-0.3, -0.25) is 14.9 Å². The van der Waals surface area contributed by atoms with Crippen LogP contribution in [-0.2, 0) is 16.2 Å². The van der Waals surface area contributed by atoms with Gasteiger partial charge in [-0.1, -0.05) is 35.9 Å². The fourth-order valence-electron chi connectivity index (χ4n) is 3.66. The summed E-state index contributed by atoms with van der Waals surface area (Å²) in [6.07, 6.45) is 1.37. The topological polar surface area (TPSA) is 84.9 Å². The van der Waals surface area contributed by atoms with Crippen molar-refractivity contribution in [3.05, 3.63) is 93.8 Å². The Morgan fingerprint density at radius 3 is 2.56 bits per heavy atom. The molecule has 0 atom stereocenters. The molecule has 0 aromatic heterocycles. The van der Waals surface area contributed by atoms with Gasteiger partial charge in [0, 0.05) is 5.02 Å². The maximum absolute atomic E-state index is 13.5. The fraction of sp³-hybridized carbons (Fsp3) is 0.148. The lowest BCUT2D eigenvalue weighted by molar-refractivity contribution is -0.122. The number of amides is 4. The highest BCUT2D eigenvalue weighted by Gasteiger charge is 2.37. The van der Waals surface area contributed by atoms with Crippen LogP contribution in [0.1, 0.15) is 23.6 Å². The predicted molar refractivity (Wildman–Crippen MR) is 134 cm³/mol. The van der Waals surface area contributed by atoms with Gasteiger partial charge in [0.1, 0.15) is 18.0 Å². The number of nitrogens with zero attached hydrogens (tertiary/aromatic N) is 1. The molecule has 0 spiro atoms. The number of urea groups is 1. The van der Waals surface area contributed by atoms with Gasteiger partial charge in [-0.2, -0.15) is 0 Å². The normalized spacial score (nSPS) is 14.7. The van der Waals surface area contributed by atoms with Crippen LogP contribution < -0.4 is 19.7 Å². The van der Waals surface area contributed by atoms with E-state index in [1.807, 2.05) is 0 Å². The van der Waals surface area contributed by atoms with Gasteiger partial charge in [0.15, 0.2) is 11.5 Å². The highest BCUT2D eigenvalue weighted by Crippen LogP contribution is 2.32. The van der Waals surface area contributed by atoms with Crippen molar-refractivity contribution in [2.45, 2.75) is 20.5 Å². The average molecular weight is 509 g/mol. The van der Waals surface area contributed by atoms with Gasteiger partial charge >= 0.3 is 6.03 Å². The molecular weight excluding hydrogens is 487 g/mol. The minimum atomic E-state index is -0.858. The predicted octanol–water partition coefficient (Wildman–Crippen LogP) is 5.43. The monoisotopic (exact) mass is 508 g/mol. The molecule has 1 saturated heterocycles. The summed E-state index contributed by atoms with van der Waals surface area (Å²) in [6, 6.07) is 14.9. The third-order valence-electron chi connectivity index (χ3n) is 5.38. The van der Waals surface area contributed by atoms with E-state index in [-0.39, 0.29) is 23.7 Å². The van der Waals surface area contributed by atoms with Gasteiger partial charge in [0.25, 0.3) is 11.8 Å². The molecule has 7 nitrogen and oxygen atoms in total. The second-order valence-electron chi connectivity index (χ2n) is 7.95. The van der Waals surface area contributed by atoms with Gasteiger partial charge in [0.2, 0.25) is 0 Å². The fourth-order valence-corrected chi connectivity index (χ4v) is 3.82. The minimum absolute atomic E-state index is 0.120. The number of barbiturate groups is 1. The number of hydrogen-bond acceptors (Lipinski definition) is 5. The first-order chi connectivity index (χ1) is 17.3. The summed E-state index contributed by atoms with van der Waals surface area (Å²) < 4.78 is 24.9. The molecule has 0 unspecified atom stereocenters. The smallest absolute Gasteiger partial charge is 0.335 e. The molecule has 1 heterocycles. The Balaban J connectivity index is 1.63. The van der Waals surface area contributed by atoms with E-state index in [4.69, 9.17) is 21.1 Å². The van der Waals surface area contributed by atoms with Crippen LogP contribution in [0.25, 0.3) is 6.08 Å². The number of ether oxygens (including phenoxy) is 2. The molecule has 36 heavy (non-hydrogen) atoms. The zero-order chi connectivity index (χ0) is 25.8. The lowest BCUT2D eigenvalue weighted by Gasteiger charge is -2.27. The number of aryl methyl sites for hydroxylation is 1. The van der Waals surface area contributed by atoms with Gasteiger partial charge in [-0.15, -0.1) is 0 Å². The zero-order valence-corrected chi connectivity index (χ0v) is 20.3. The number of nitrogens with one attached hydrogen (secondary N) is 1. The maximum Gasteiger partial charge on any atom is 0.335 e.